The first-order valence-corrected chi connectivity index (χ1v) is 19.4. The normalized spacial score (nSPS) is 31.9. The van der Waals surface area contributed by atoms with Gasteiger partial charge in [-0.1, -0.05) is 26.0 Å². The van der Waals surface area contributed by atoms with Crippen LogP contribution >= 0.6 is 0 Å². The van der Waals surface area contributed by atoms with Crippen molar-refractivity contribution < 1.29 is 46.9 Å². The highest BCUT2D eigenvalue weighted by atomic mass is 32.2. The maximum Gasteiger partial charge on any atom is 0.405 e. The van der Waals surface area contributed by atoms with Gasteiger partial charge in [0.15, 0.2) is 11.5 Å². The van der Waals surface area contributed by atoms with Crippen LogP contribution in [0.2, 0.25) is 0 Å². The fourth-order valence-electron chi connectivity index (χ4n) is 7.72. The lowest BCUT2D eigenvalue weighted by Crippen LogP contribution is -2.59. The van der Waals surface area contributed by atoms with Crippen LogP contribution in [0.15, 0.2) is 36.5 Å². The smallest absolute Gasteiger partial charge is 0.405 e. The second kappa shape index (κ2) is 13.4. The summed E-state index contributed by atoms with van der Waals surface area (Å²) in [5.74, 6) is -1.44. The van der Waals surface area contributed by atoms with Gasteiger partial charge in [0.25, 0.3) is 5.91 Å². The monoisotopic (exact) mass is 739 g/mol. The van der Waals surface area contributed by atoms with Crippen LogP contribution in [-0.4, -0.2) is 95.5 Å². The lowest BCUT2D eigenvalue weighted by atomic mass is 9.88. The summed E-state index contributed by atoms with van der Waals surface area (Å²) in [4.78, 5) is 60.3. The minimum atomic E-state index is -4.00. The summed E-state index contributed by atoms with van der Waals surface area (Å²) in [6, 6.07) is 3.01. The predicted molar refractivity (Wildman–Crippen MR) is 187 cm³/mol. The van der Waals surface area contributed by atoms with Gasteiger partial charge in [0.2, 0.25) is 27.7 Å². The van der Waals surface area contributed by atoms with Crippen molar-refractivity contribution in [3.63, 3.8) is 0 Å². The van der Waals surface area contributed by atoms with Gasteiger partial charge in [0.1, 0.15) is 36.9 Å². The molecule has 2 aromatic rings. The Morgan fingerprint density at radius 2 is 1.87 bits per heavy atom. The second-order valence-corrected chi connectivity index (χ2v) is 17.4. The molecule has 1 aromatic carbocycles. The van der Waals surface area contributed by atoms with Gasteiger partial charge < -0.3 is 34.9 Å². The van der Waals surface area contributed by atoms with Crippen molar-refractivity contribution in [2.24, 2.45) is 17.8 Å². The molecule has 280 valence electrons. The molecule has 0 unspecified atom stereocenters. The molecule has 7 atom stereocenters. The van der Waals surface area contributed by atoms with E-state index in [1.54, 1.807) is 31.3 Å². The molecule has 0 radical (unpaired) electrons. The zero-order valence-electron chi connectivity index (χ0n) is 29.4. The molecule has 0 bridgehead atoms. The molecule has 1 saturated heterocycles. The third-order valence-corrected chi connectivity index (χ3v) is 13.4. The number of rotatable bonds is 6. The lowest BCUT2D eigenvalue weighted by Gasteiger charge is -2.32. The van der Waals surface area contributed by atoms with Crippen LogP contribution in [0.5, 0.6) is 17.4 Å². The number of ether oxygens (including phenoxy) is 3. The summed E-state index contributed by atoms with van der Waals surface area (Å²) in [6.07, 6.45) is 6.18. The molecule has 5 aliphatic rings. The van der Waals surface area contributed by atoms with Gasteiger partial charge in [0.05, 0.1) is 11.3 Å². The largest absolute Gasteiger partial charge is 0.486 e. The van der Waals surface area contributed by atoms with Crippen LogP contribution in [0.3, 0.4) is 0 Å². The number of hydrogen-bond donors (Lipinski definition) is 4. The van der Waals surface area contributed by atoms with Gasteiger partial charge in [-0.25, -0.2) is 18.2 Å². The van der Waals surface area contributed by atoms with E-state index >= 15 is 0 Å². The zero-order valence-corrected chi connectivity index (χ0v) is 30.2. The number of nitrogens with one attached hydrogen (secondary N) is 3. The highest BCUT2D eigenvalue weighted by molar-refractivity contribution is 7.91. The highest BCUT2D eigenvalue weighted by Crippen LogP contribution is 2.48. The summed E-state index contributed by atoms with van der Waals surface area (Å²) >= 11 is 0. The van der Waals surface area contributed by atoms with Gasteiger partial charge in [-0.15, -0.1) is 0 Å². The zero-order chi connectivity index (χ0) is 37.0. The molecule has 1 aromatic heterocycles. The molecule has 7 rings (SSSR count). The average molecular weight is 740 g/mol. The first kappa shape index (κ1) is 35.8. The molecule has 4 amide bonds. The van der Waals surface area contributed by atoms with Crippen LogP contribution < -0.4 is 29.6 Å². The van der Waals surface area contributed by atoms with Crippen LogP contribution in [-0.2, 0) is 24.4 Å². The standard InChI is InChI=1S/C36H45N5O10S/c1-20-6-4-5-7-22-18-36(22,33(44)40-52(47,48)35(3)11-12-35)39-30(42)26-17-23(19-41(26)32(43)28(21(2)16-20)38-34(45)46)51-31-25-8-9-27-29(50-15-14-49-27)24(25)10-13-37-31/h5,7-10,13,20-23,26,28,38H,4,6,11-12,14-19H2,1-3H3,(H,39,42)(H,40,44)(H,45,46)/b7-5-/t20-,21+,22+,23+,26-,28-,36+/m0/s1. The molecule has 16 heteroatoms. The van der Waals surface area contributed by atoms with E-state index in [1.807, 2.05) is 26.0 Å². The topological polar surface area (TPSA) is 203 Å². The Bertz CT molecular complexity index is 1930. The van der Waals surface area contributed by atoms with Crippen molar-refractivity contribution >= 4 is 44.6 Å². The molecule has 15 nitrogen and oxygen atoms in total. The van der Waals surface area contributed by atoms with Crippen LogP contribution in [0.4, 0.5) is 4.79 Å². The summed E-state index contributed by atoms with van der Waals surface area (Å²) < 4.78 is 45.4. The molecule has 52 heavy (non-hydrogen) atoms. The maximum atomic E-state index is 14.4. The van der Waals surface area contributed by atoms with Gasteiger partial charge >= 0.3 is 6.09 Å². The number of carboxylic acid groups (broad SMARTS) is 1. The molecule has 0 spiro atoms. The molecular formula is C36H45N5O10S. The Labute approximate surface area is 301 Å². The lowest BCUT2D eigenvalue weighted by molar-refractivity contribution is -0.142. The van der Waals surface area contributed by atoms with E-state index in [4.69, 9.17) is 14.2 Å². The summed E-state index contributed by atoms with van der Waals surface area (Å²) in [5.41, 5.74) is -1.55. The highest BCUT2D eigenvalue weighted by Gasteiger charge is 2.63. The fraction of sp³-hybridized carbons (Fsp3) is 0.583. The van der Waals surface area contributed by atoms with Gasteiger partial charge in [-0.05, 0) is 75.5 Å². The quantitative estimate of drug-likeness (QED) is 0.318. The molecule has 4 N–H and O–H groups in total. The first-order chi connectivity index (χ1) is 24.7. The van der Waals surface area contributed by atoms with E-state index in [0.29, 0.717) is 61.2 Å². The van der Waals surface area contributed by atoms with E-state index in [9.17, 15) is 32.7 Å². The van der Waals surface area contributed by atoms with Crippen molar-refractivity contribution in [3.05, 3.63) is 36.5 Å². The van der Waals surface area contributed by atoms with Crippen LogP contribution in [0.25, 0.3) is 10.8 Å². The SMILES string of the molecule is C[C@H]1CC/C=C\[C@@H]2C[C@@]2(C(=O)NS(=O)(=O)C2(C)CC2)NC(=O)[C@@H]2C[C@@H](Oc3nccc4c5c(ccc34)OCCO5)CN2C(=O)[C@@H](NC(=O)O)[C@H](C)C1. The number of pyridine rings is 1. The number of amides is 4. The molecule has 2 saturated carbocycles. The van der Waals surface area contributed by atoms with Gasteiger partial charge in [-0.3, -0.25) is 19.1 Å². The average Bonchev–Trinajstić information content (AvgIpc) is 3.98. The number of benzene rings is 1. The van der Waals surface area contributed by atoms with E-state index in [2.05, 4.69) is 20.3 Å². The van der Waals surface area contributed by atoms with Gasteiger partial charge in [-0.2, -0.15) is 0 Å². The van der Waals surface area contributed by atoms with E-state index in [-0.39, 0.29) is 31.2 Å². The Morgan fingerprint density at radius 3 is 2.62 bits per heavy atom. The Hall–Kier alpha value is -4.60. The third-order valence-electron chi connectivity index (χ3n) is 11.2. The summed E-state index contributed by atoms with van der Waals surface area (Å²) in [7, 11) is -4.00. The summed E-state index contributed by atoms with van der Waals surface area (Å²) in [6.45, 7) is 6.14. The number of carbonyl (C=O) groups is 4. The Balaban J connectivity index is 1.21. The molecular weight excluding hydrogens is 694 g/mol. The number of fused-ring (bicyclic) bond motifs is 5. The second-order valence-electron chi connectivity index (χ2n) is 15.2. The molecule has 3 fully saturated rings. The number of nitrogens with zero attached hydrogens (tertiary/aromatic N) is 2. The van der Waals surface area contributed by atoms with E-state index < -0.39 is 74.1 Å². The number of sulfonamides is 1. The van der Waals surface area contributed by atoms with Crippen LogP contribution in [0.1, 0.15) is 65.7 Å². The number of allylic oxidation sites excluding steroid dienone is 1. The maximum absolute atomic E-state index is 14.4. The molecule has 3 aliphatic heterocycles. The minimum absolute atomic E-state index is 0.000652. The number of carbonyl (C=O) groups excluding carboxylic acids is 3. The van der Waals surface area contributed by atoms with E-state index in [0.717, 1.165) is 6.42 Å². The number of aromatic nitrogens is 1. The molecule has 2 aliphatic carbocycles. The van der Waals surface area contributed by atoms with Crippen molar-refractivity contribution in [2.45, 2.75) is 94.2 Å². The van der Waals surface area contributed by atoms with Crippen molar-refractivity contribution in [1.82, 2.24) is 25.2 Å². The van der Waals surface area contributed by atoms with Crippen molar-refractivity contribution in [2.75, 3.05) is 19.8 Å². The summed E-state index contributed by atoms with van der Waals surface area (Å²) in [5, 5.41) is 16.4. The van der Waals surface area contributed by atoms with Gasteiger partial charge in [0, 0.05) is 29.3 Å². The van der Waals surface area contributed by atoms with Crippen LogP contribution in [0, 0.1) is 17.8 Å². The minimum Gasteiger partial charge on any atom is -0.486 e. The Morgan fingerprint density at radius 1 is 1.10 bits per heavy atom. The Kier molecular flexibility index (Phi) is 9.24. The molecule has 4 heterocycles. The van der Waals surface area contributed by atoms with Crippen molar-refractivity contribution in [1.29, 1.82) is 0 Å². The third kappa shape index (κ3) is 6.72. The fourth-order valence-corrected chi connectivity index (χ4v) is 9.03. The van der Waals surface area contributed by atoms with E-state index in [1.165, 1.54) is 4.90 Å². The predicted octanol–water partition coefficient (Wildman–Crippen LogP) is 2.88. The first-order valence-electron chi connectivity index (χ1n) is 17.9. The van der Waals surface area contributed by atoms with Crippen molar-refractivity contribution in [3.8, 4) is 17.4 Å². The number of hydrogen-bond acceptors (Lipinski definition) is 10.